The number of carboxylic acids is 1. The number of ketones is 1. The van der Waals surface area contributed by atoms with Gasteiger partial charge in [-0.3, -0.25) is 14.4 Å². The zero-order chi connectivity index (χ0) is 13.3. The van der Waals surface area contributed by atoms with Gasteiger partial charge < -0.3 is 15.7 Å². The van der Waals surface area contributed by atoms with Crippen molar-refractivity contribution < 1.29 is 19.5 Å². The summed E-state index contributed by atoms with van der Waals surface area (Å²) in [6.07, 6.45) is 0.928. The first-order valence-corrected chi connectivity index (χ1v) is 5.72. The summed E-state index contributed by atoms with van der Waals surface area (Å²) in [5, 5.41) is 8.52. The molecule has 0 aliphatic carbocycles. The van der Waals surface area contributed by atoms with Gasteiger partial charge in [0.15, 0.2) is 0 Å². The maximum absolute atomic E-state index is 11.5. The molecule has 0 rings (SSSR count). The fourth-order valence-electron chi connectivity index (χ4n) is 1.40. The minimum Gasteiger partial charge on any atom is -0.481 e. The van der Waals surface area contributed by atoms with Crippen LogP contribution < -0.4 is 5.73 Å². The number of hydrogen-bond donors (Lipinski definition) is 2. The average Bonchev–Trinajstić information content (AvgIpc) is 2.26. The molecule has 0 atom stereocenters. The number of carbonyl (C=O) groups is 3. The highest BCUT2D eigenvalue weighted by Gasteiger charge is 2.15. The summed E-state index contributed by atoms with van der Waals surface area (Å²) in [6, 6.07) is 0. The highest BCUT2D eigenvalue weighted by Crippen LogP contribution is 2.01. The predicted octanol–water partition coefficient (Wildman–Crippen LogP) is 0.00770. The Labute approximate surface area is 101 Å². The van der Waals surface area contributed by atoms with Crippen LogP contribution in [0.25, 0.3) is 0 Å². The molecule has 0 aliphatic rings. The van der Waals surface area contributed by atoms with E-state index in [2.05, 4.69) is 0 Å². The van der Waals surface area contributed by atoms with Gasteiger partial charge in [0.2, 0.25) is 5.91 Å². The van der Waals surface area contributed by atoms with Crippen LogP contribution in [-0.2, 0) is 14.4 Å². The molecular weight excluding hydrogens is 224 g/mol. The van der Waals surface area contributed by atoms with Crippen molar-refractivity contribution in [2.75, 3.05) is 19.6 Å². The smallest absolute Gasteiger partial charge is 0.312 e. The van der Waals surface area contributed by atoms with E-state index in [0.29, 0.717) is 32.4 Å². The van der Waals surface area contributed by atoms with Crippen molar-refractivity contribution in [1.29, 1.82) is 0 Å². The Kier molecular flexibility index (Phi) is 7.96. The third-order valence-electron chi connectivity index (χ3n) is 2.33. The molecular formula is C11H20N2O4. The molecule has 6 heteroatoms. The standard InChI is InChI=1S/C11H20N2O4/c1-2-9(14)4-3-6-13(7-5-12)10(15)8-11(16)17/h2-8,12H2,1H3,(H,16,17). The number of Topliss-reactive ketones (excluding diaryl/α,β-unsaturated/α-hetero) is 1. The van der Waals surface area contributed by atoms with Crippen LogP contribution in [0.1, 0.15) is 32.6 Å². The molecule has 0 aromatic rings. The number of nitrogens with zero attached hydrogens (tertiary/aromatic N) is 1. The van der Waals surface area contributed by atoms with E-state index < -0.39 is 18.3 Å². The second kappa shape index (κ2) is 8.69. The fourth-order valence-corrected chi connectivity index (χ4v) is 1.40. The van der Waals surface area contributed by atoms with Crippen molar-refractivity contribution in [2.45, 2.75) is 32.6 Å². The van der Waals surface area contributed by atoms with Crippen molar-refractivity contribution in [1.82, 2.24) is 4.90 Å². The third kappa shape index (κ3) is 7.46. The van der Waals surface area contributed by atoms with Gasteiger partial charge in [0.25, 0.3) is 0 Å². The molecule has 0 heterocycles. The zero-order valence-corrected chi connectivity index (χ0v) is 10.1. The third-order valence-corrected chi connectivity index (χ3v) is 2.33. The number of carboxylic acid groups (broad SMARTS) is 1. The molecule has 0 fully saturated rings. The van der Waals surface area contributed by atoms with Gasteiger partial charge in [-0.05, 0) is 6.42 Å². The van der Waals surface area contributed by atoms with Crippen molar-refractivity contribution in [3.63, 3.8) is 0 Å². The minimum absolute atomic E-state index is 0.142. The van der Waals surface area contributed by atoms with E-state index in [4.69, 9.17) is 10.8 Å². The molecule has 0 spiro atoms. The Morgan fingerprint density at radius 1 is 1.24 bits per heavy atom. The lowest BCUT2D eigenvalue weighted by molar-refractivity contribution is -0.144. The first kappa shape index (κ1) is 15.6. The summed E-state index contributed by atoms with van der Waals surface area (Å²) in [7, 11) is 0. The van der Waals surface area contributed by atoms with E-state index in [1.54, 1.807) is 6.92 Å². The van der Waals surface area contributed by atoms with E-state index in [1.165, 1.54) is 4.90 Å². The first-order valence-electron chi connectivity index (χ1n) is 5.72. The van der Waals surface area contributed by atoms with Crippen LogP contribution in [0.15, 0.2) is 0 Å². The van der Waals surface area contributed by atoms with Crippen LogP contribution in [-0.4, -0.2) is 47.3 Å². The number of hydrogen-bond acceptors (Lipinski definition) is 4. The lowest BCUT2D eigenvalue weighted by Gasteiger charge is -2.21. The summed E-state index contributed by atoms with van der Waals surface area (Å²) < 4.78 is 0. The van der Waals surface area contributed by atoms with Gasteiger partial charge in [0, 0.05) is 32.5 Å². The first-order chi connectivity index (χ1) is 8.01. The van der Waals surface area contributed by atoms with Gasteiger partial charge in [-0.2, -0.15) is 0 Å². The summed E-state index contributed by atoms with van der Waals surface area (Å²) in [4.78, 5) is 34.4. The maximum atomic E-state index is 11.5. The van der Waals surface area contributed by atoms with Gasteiger partial charge in [0.05, 0.1) is 0 Å². The van der Waals surface area contributed by atoms with Crippen LogP contribution in [0.5, 0.6) is 0 Å². The molecule has 17 heavy (non-hydrogen) atoms. The van der Waals surface area contributed by atoms with E-state index in [-0.39, 0.29) is 12.3 Å². The fraction of sp³-hybridized carbons (Fsp3) is 0.727. The molecule has 0 aromatic carbocycles. The van der Waals surface area contributed by atoms with E-state index >= 15 is 0 Å². The van der Waals surface area contributed by atoms with Crippen molar-refractivity contribution in [3.8, 4) is 0 Å². The van der Waals surface area contributed by atoms with Crippen LogP contribution in [0.3, 0.4) is 0 Å². The second-order valence-electron chi connectivity index (χ2n) is 3.74. The zero-order valence-electron chi connectivity index (χ0n) is 10.1. The van der Waals surface area contributed by atoms with Crippen LogP contribution >= 0.6 is 0 Å². The molecule has 0 bridgehead atoms. The molecule has 3 N–H and O–H groups in total. The Hall–Kier alpha value is -1.43. The maximum Gasteiger partial charge on any atom is 0.312 e. The molecule has 0 aliphatic heterocycles. The second-order valence-corrected chi connectivity index (χ2v) is 3.74. The Morgan fingerprint density at radius 3 is 2.35 bits per heavy atom. The Bertz CT molecular complexity index is 279. The van der Waals surface area contributed by atoms with Crippen molar-refractivity contribution >= 4 is 17.7 Å². The molecule has 0 saturated carbocycles. The van der Waals surface area contributed by atoms with E-state index in [1.807, 2.05) is 0 Å². The molecule has 0 unspecified atom stereocenters. The molecule has 98 valence electrons. The molecule has 0 aromatic heterocycles. The molecule has 0 radical (unpaired) electrons. The predicted molar refractivity (Wildman–Crippen MR) is 62.4 cm³/mol. The van der Waals surface area contributed by atoms with Gasteiger partial charge in [-0.25, -0.2) is 0 Å². The Morgan fingerprint density at radius 2 is 1.88 bits per heavy atom. The highest BCUT2D eigenvalue weighted by atomic mass is 16.4. The normalized spacial score (nSPS) is 10.0. The van der Waals surface area contributed by atoms with Gasteiger partial charge in [-0.1, -0.05) is 6.92 Å². The number of aliphatic carboxylic acids is 1. The van der Waals surface area contributed by atoms with E-state index in [0.717, 1.165) is 0 Å². The lowest BCUT2D eigenvalue weighted by atomic mass is 10.1. The van der Waals surface area contributed by atoms with Crippen LogP contribution in [0.4, 0.5) is 0 Å². The van der Waals surface area contributed by atoms with E-state index in [9.17, 15) is 14.4 Å². The summed E-state index contributed by atoms with van der Waals surface area (Å²) in [5.41, 5.74) is 5.35. The van der Waals surface area contributed by atoms with Gasteiger partial charge in [0.1, 0.15) is 12.2 Å². The highest BCUT2D eigenvalue weighted by molar-refractivity contribution is 5.93. The summed E-state index contributed by atoms with van der Waals surface area (Å²) >= 11 is 0. The largest absolute Gasteiger partial charge is 0.481 e. The topological polar surface area (TPSA) is 101 Å². The summed E-state index contributed by atoms with van der Waals surface area (Å²) in [5.74, 6) is -1.46. The lowest BCUT2D eigenvalue weighted by Crippen LogP contribution is -2.37. The van der Waals surface area contributed by atoms with Crippen molar-refractivity contribution in [2.24, 2.45) is 5.73 Å². The summed E-state index contributed by atoms with van der Waals surface area (Å²) in [6.45, 7) is 2.78. The minimum atomic E-state index is -1.15. The SMILES string of the molecule is CCC(=O)CCCN(CCN)C(=O)CC(=O)O. The monoisotopic (exact) mass is 244 g/mol. The van der Waals surface area contributed by atoms with Crippen LogP contribution in [0, 0.1) is 0 Å². The Balaban J connectivity index is 4.09. The molecule has 0 saturated heterocycles. The van der Waals surface area contributed by atoms with Crippen molar-refractivity contribution in [3.05, 3.63) is 0 Å². The number of nitrogens with two attached hydrogens (primary N) is 1. The number of carbonyl (C=O) groups excluding carboxylic acids is 2. The number of amides is 1. The molecule has 6 nitrogen and oxygen atoms in total. The molecule has 1 amide bonds. The number of rotatable bonds is 9. The quantitative estimate of drug-likeness (QED) is 0.556. The van der Waals surface area contributed by atoms with Gasteiger partial charge >= 0.3 is 5.97 Å². The average molecular weight is 244 g/mol. The van der Waals surface area contributed by atoms with Gasteiger partial charge in [-0.15, -0.1) is 0 Å². The van der Waals surface area contributed by atoms with Crippen LogP contribution in [0.2, 0.25) is 0 Å².